The fourth-order valence-corrected chi connectivity index (χ4v) is 3.79. The molecule has 0 spiro atoms. The Hall–Kier alpha value is -2.27. The molecule has 1 aliphatic rings. The van der Waals surface area contributed by atoms with Crippen LogP contribution in [0, 0.1) is 0 Å². The molecule has 3 rings (SSSR count). The van der Waals surface area contributed by atoms with E-state index in [1.54, 1.807) is 16.7 Å². The van der Waals surface area contributed by atoms with Gasteiger partial charge in [-0.3, -0.25) is 10.2 Å². The van der Waals surface area contributed by atoms with E-state index in [0.717, 1.165) is 0 Å². The number of carbonyl (C=O) groups excluding carboxylic acids is 1. The van der Waals surface area contributed by atoms with Crippen LogP contribution in [0.1, 0.15) is 10.5 Å². The summed E-state index contributed by atoms with van der Waals surface area (Å²) in [6.45, 7) is 1.50. The number of nitrogens with zero attached hydrogens (tertiary/aromatic N) is 3. The van der Waals surface area contributed by atoms with Gasteiger partial charge in [0.2, 0.25) is 10.0 Å². The molecule has 0 aliphatic carbocycles. The van der Waals surface area contributed by atoms with Crippen LogP contribution < -0.4 is 11.3 Å². The molecule has 1 aromatic heterocycles. The Bertz CT molecular complexity index is 825. The summed E-state index contributed by atoms with van der Waals surface area (Å²) < 4.78 is 33.3. The third-order valence-corrected chi connectivity index (χ3v) is 5.60. The lowest BCUT2D eigenvalue weighted by molar-refractivity contribution is 0.0730. The van der Waals surface area contributed by atoms with Crippen LogP contribution in [0.3, 0.4) is 0 Å². The van der Waals surface area contributed by atoms with E-state index >= 15 is 0 Å². The van der Waals surface area contributed by atoms with E-state index in [-0.39, 0.29) is 10.6 Å². The standard InChI is InChI=1S/C14H17N5O4S/c15-17-14(20)13-9-18(10-16-13)11-1-3-12(4-2-11)24(21,22)19-5-7-23-8-6-19/h1-4,9-10H,5-8,15H2,(H,17,20). The summed E-state index contributed by atoms with van der Waals surface area (Å²) in [5, 5.41) is 0. The van der Waals surface area contributed by atoms with Crippen molar-refractivity contribution in [2.45, 2.75) is 4.90 Å². The molecule has 1 saturated heterocycles. The third-order valence-electron chi connectivity index (χ3n) is 3.69. The first kappa shape index (κ1) is 16.6. The molecular weight excluding hydrogens is 334 g/mol. The maximum absolute atomic E-state index is 12.6. The van der Waals surface area contributed by atoms with Crippen molar-refractivity contribution in [3.63, 3.8) is 0 Å². The van der Waals surface area contributed by atoms with Crippen molar-refractivity contribution in [3.8, 4) is 5.69 Å². The van der Waals surface area contributed by atoms with E-state index in [9.17, 15) is 13.2 Å². The Morgan fingerprint density at radius 2 is 1.88 bits per heavy atom. The molecule has 9 nitrogen and oxygen atoms in total. The number of nitrogens with two attached hydrogens (primary N) is 1. The SMILES string of the molecule is NNC(=O)c1cn(-c2ccc(S(=O)(=O)N3CCOCC3)cc2)cn1. The zero-order valence-corrected chi connectivity index (χ0v) is 13.6. The van der Waals surface area contributed by atoms with Gasteiger partial charge >= 0.3 is 0 Å². The first-order valence-electron chi connectivity index (χ1n) is 7.25. The fraction of sp³-hybridized carbons (Fsp3) is 0.286. The van der Waals surface area contributed by atoms with E-state index < -0.39 is 15.9 Å². The number of benzene rings is 1. The minimum absolute atomic E-state index is 0.169. The van der Waals surface area contributed by atoms with Gasteiger partial charge in [-0.05, 0) is 24.3 Å². The molecule has 0 saturated carbocycles. The van der Waals surface area contributed by atoms with Gasteiger partial charge in [0.15, 0.2) is 0 Å². The van der Waals surface area contributed by atoms with Crippen molar-refractivity contribution in [1.82, 2.24) is 19.3 Å². The van der Waals surface area contributed by atoms with E-state index in [4.69, 9.17) is 10.6 Å². The fourth-order valence-electron chi connectivity index (χ4n) is 2.38. The summed E-state index contributed by atoms with van der Waals surface area (Å²) in [5.41, 5.74) is 2.85. The summed E-state index contributed by atoms with van der Waals surface area (Å²) in [7, 11) is -3.53. The first-order chi connectivity index (χ1) is 11.5. The van der Waals surface area contributed by atoms with Gasteiger partial charge in [0.25, 0.3) is 5.91 Å². The number of aromatic nitrogens is 2. The van der Waals surface area contributed by atoms with E-state index in [0.29, 0.717) is 32.0 Å². The van der Waals surface area contributed by atoms with Crippen LogP contribution in [0.15, 0.2) is 41.7 Å². The average molecular weight is 351 g/mol. The highest BCUT2D eigenvalue weighted by Crippen LogP contribution is 2.19. The number of hydrogen-bond donors (Lipinski definition) is 2. The summed E-state index contributed by atoms with van der Waals surface area (Å²) >= 11 is 0. The van der Waals surface area contributed by atoms with Gasteiger partial charge in [0.1, 0.15) is 12.0 Å². The smallest absolute Gasteiger partial charge is 0.285 e. The number of hydrogen-bond acceptors (Lipinski definition) is 6. The van der Waals surface area contributed by atoms with Crippen molar-refractivity contribution < 1.29 is 17.9 Å². The van der Waals surface area contributed by atoms with Gasteiger partial charge in [0.05, 0.1) is 18.1 Å². The molecule has 1 fully saturated rings. The van der Waals surface area contributed by atoms with Gasteiger partial charge in [-0.1, -0.05) is 0 Å². The number of rotatable bonds is 4. The zero-order valence-electron chi connectivity index (χ0n) is 12.8. The van der Waals surface area contributed by atoms with Crippen LogP contribution >= 0.6 is 0 Å². The highest BCUT2D eigenvalue weighted by atomic mass is 32.2. The maximum Gasteiger partial charge on any atom is 0.285 e. The molecule has 0 radical (unpaired) electrons. The molecule has 0 atom stereocenters. The summed E-state index contributed by atoms with van der Waals surface area (Å²) in [4.78, 5) is 15.6. The Balaban J connectivity index is 1.82. The van der Waals surface area contributed by atoms with Crippen molar-refractivity contribution in [2.24, 2.45) is 5.84 Å². The molecule has 3 N–H and O–H groups in total. The molecule has 2 aromatic rings. The van der Waals surface area contributed by atoms with E-state index in [2.05, 4.69) is 4.98 Å². The van der Waals surface area contributed by atoms with E-state index in [1.807, 2.05) is 5.43 Å². The number of sulfonamides is 1. The second-order valence-electron chi connectivity index (χ2n) is 5.15. The number of imidazole rings is 1. The highest BCUT2D eigenvalue weighted by Gasteiger charge is 2.26. The van der Waals surface area contributed by atoms with Crippen molar-refractivity contribution in [3.05, 3.63) is 42.5 Å². The van der Waals surface area contributed by atoms with Crippen molar-refractivity contribution in [1.29, 1.82) is 0 Å². The van der Waals surface area contributed by atoms with E-state index in [1.165, 1.54) is 29.0 Å². The number of hydrazine groups is 1. The normalized spacial score (nSPS) is 16.0. The lowest BCUT2D eigenvalue weighted by Gasteiger charge is -2.26. The topological polar surface area (TPSA) is 120 Å². The van der Waals surface area contributed by atoms with Gasteiger partial charge < -0.3 is 9.30 Å². The molecule has 24 heavy (non-hydrogen) atoms. The Labute approximate surface area is 139 Å². The van der Waals surface area contributed by atoms with Gasteiger partial charge in [0, 0.05) is 25.0 Å². The Morgan fingerprint density at radius 1 is 1.21 bits per heavy atom. The largest absolute Gasteiger partial charge is 0.379 e. The molecule has 0 unspecified atom stereocenters. The molecule has 10 heteroatoms. The van der Waals surface area contributed by atoms with Crippen LogP contribution in [0.25, 0.3) is 5.69 Å². The molecule has 1 amide bonds. The third kappa shape index (κ3) is 3.17. The molecule has 2 heterocycles. The second kappa shape index (κ2) is 6.69. The van der Waals surface area contributed by atoms with Crippen LogP contribution in [-0.4, -0.2) is 54.5 Å². The van der Waals surface area contributed by atoms with Crippen LogP contribution in [-0.2, 0) is 14.8 Å². The number of carbonyl (C=O) groups is 1. The predicted molar refractivity (Wildman–Crippen MR) is 84.8 cm³/mol. The average Bonchev–Trinajstić information content (AvgIpc) is 3.12. The lowest BCUT2D eigenvalue weighted by Crippen LogP contribution is -2.40. The minimum Gasteiger partial charge on any atom is -0.379 e. The highest BCUT2D eigenvalue weighted by molar-refractivity contribution is 7.89. The first-order valence-corrected chi connectivity index (χ1v) is 8.69. The summed E-state index contributed by atoms with van der Waals surface area (Å²) in [5.74, 6) is 4.56. The summed E-state index contributed by atoms with van der Waals surface area (Å²) in [6.07, 6.45) is 2.96. The maximum atomic E-state index is 12.6. The minimum atomic E-state index is -3.53. The zero-order chi connectivity index (χ0) is 17.2. The van der Waals surface area contributed by atoms with Crippen LogP contribution in [0.5, 0.6) is 0 Å². The number of amides is 1. The Morgan fingerprint density at radius 3 is 2.50 bits per heavy atom. The molecule has 128 valence electrons. The molecule has 0 bridgehead atoms. The van der Waals surface area contributed by atoms with Crippen molar-refractivity contribution >= 4 is 15.9 Å². The molecular formula is C14H17N5O4S. The second-order valence-corrected chi connectivity index (χ2v) is 7.09. The number of nitrogens with one attached hydrogen (secondary N) is 1. The molecule has 1 aliphatic heterocycles. The Kier molecular flexibility index (Phi) is 4.62. The number of nitrogen functional groups attached to an aromatic ring is 1. The lowest BCUT2D eigenvalue weighted by atomic mass is 10.3. The quantitative estimate of drug-likeness (QED) is 0.435. The summed E-state index contributed by atoms with van der Waals surface area (Å²) in [6, 6.07) is 6.36. The number of morpholine rings is 1. The number of ether oxygens (including phenoxy) is 1. The van der Waals surface area contributed by atoms with Crippen molar-refractivity contribution in [2.75, 3.05) is 26.3 Å². The predicted octanol–water partition coefficient (Wildman–Crippen LogP) is -0.503. The molecule has 1 aromatic carbocycles. The van der Waals surface area contributed by atoms with Gasteiger partial charge in [-0.15, -0.1) is 0 Å². The van der Waals surface area contributed by atoms with Gasteiger partial charge in [-0.25, -0.2) is 19.2 Å². The van der Waals surface area contributed by atoms with Gasteiger partial charge in [-0.2, -0.15) is 4.31 Å². The van der Waals surface area contributed by atoms with Crippen LogP contribution in [0.4, 0.5) is 0 Å². The monoisotopic (exact) mass is 351 g/mol. The van der Waals surface area contributed by atoms with Crippen LogP contribution in [0.2, 0.25) is 0 Å².